The van der Waals surface area contributed by atoms with E-state index in [-0.39, 0.29) is 0 Å². The van der Waals surface area contributed by atoms with E-state index in [2.05, 4.69) is 18.8 Å². The molecule has 90 valence electrons. The first kappa shape index (κ1) is 13.8. The Morgan fingerprint density at radius 1 is 1.50 bits per heavy atom. The molecule has 0 fully saturated rings. The van der Waals surface area contributed by atoms with Gasteiger partial charge in [0.05, 0.1) is 4.88 Å². The molecule has 0 aliphatic carbocycles. The summed E-state index contributed by atoms with van der Waals surface area (Å²) >= 11 is 13.6. The van der Waals surface area contributed by atoms with E-state index in [4.69, 9.17) is 23.2 Å². The summed E-state index contributed by atoms with van der Waals surface area (Å²) in [5.41, 5.74) is 1.18. The number of rotatable bonds is 4. The van der Waals surface area contributed by atoms with Crippen LogP contribution in [0.2, 0.25) is 5.15 Å². The van der Waals surface area contributed by atoms with Gasteiger partial charge < -0.3 is 4.90 Å². The summed E-state index contributed by atoms with van der Waals surface area (Å²) in [6.45, 7) is 4.24. The molecule has 16 heavy (non-hydrogen) atoms. The van der Waals surface area contributed by atoms with Crippen LogP contribution in [-0.2, 0) is 0 Å². The Morgan fingerprint density at radius 2 is 2.12 bits per heavy atom. The molecule has 0 unspecified atom stereocenters. The molecule has 2 nitrogen and oxygen atoms in total. The van der Waals surface area contributed by atoms with Crippen LogP contribution in [-0.4, -0.2) is 25.0 Å². The van der Waals surface area contributed by atoms with Gasteiger partial charge in [-0.1, -0.05) is 42.4 Å². The van der Waals surface area contributed by atoms with Gasteiger partial charge in [-0.05, 0) is 12.0 Å². The highest BCUT2D eigenvalue weighted by molar-refractivity contribution is 7.17. The highest BCUT2D eigenvalue weighted by atomic mass is 35.5. The molecular weight excluding hydrogens is 263 g/mol. The van der Waals surface area contributed by atoms with E-state index in [1.54, 1.807) is 11.3 Å². The number of hydrogen-bond donors (Lipinski definition) is 0. The molecule has 0 N–H and O–H groups in total. The number of hydrogen-bond acceptors (Lipinski definition) is 3. The van der Waals surface area contributed by atoms with E-state index in [0.717, 1.165) is 10.0 Å². The van der Waals surface area contributed by atoms with Crippen LogP contribution in [0.25, 0.3) is 6.08 Å². The van der Waals surface area contributed by atoms with Gasteiger partial charge >= 0.3 is 0 Å². The molecule has 0 aromatic carbocycles. The van der Waals surface area contributed by atoms with Gasteiger partial charge in [-0.3, -0.25) is 0 Å². The topological polar surface area (TPSA) is 16.1 Å². The average Bonchev–Trinajstić information content (AvgIpc) is 2.56. The van der Waals surface area contributed by atoms with Crippen LogP contribution in [0.15, 0.2) is 5.57 Å². The molecule has 1 heterocycles. The fraction of sp³-hybridized carbons (Fsp3) is 0.545. The van der Waals surface area contributed by atoms with Crippen molar-refractivity contribution in [3.63, 3.8) is 0 Å². The van der Waals surface area contributed by atoms with E-state index in [1.165, 1.54) is 5.57 Å². The van der Waals surface area contributed by atoms with Gasteiger partial charge in [-0.2, -0.15) is 0 Å². The second-order valence-electron chi connectivity index (χ2n) is 4.05. The van der Waals surface area contributed by atoms with Gasteiger partial charge in [-0.25, -0.2) is 4.98 Å². The minimum Gasteiger partial charge on any atom is -0.354 e. The molecule has 1 aromatic heterocycles. The van der Waals surface area contributed by atoms with Crippen molar-refractivity contribution in [1.29, 1.82) is 0 Å². The number of anilines is 1. The number of nitrogens with zero attached hydrogens (tertiary/aromatic N) is 2. The van der Waals surface area contributed by atoms with Gasteiger partial charge in [0.15, 0.2) is 5.13 Å². The number of halogens is 2. The summed E-state index contributed by atoms with van der Waals surface area (Å²) in [5, 5.41) is 1.46. The normalized spacial score (nSPS) is 12.3. The van der Waals surface area contributed by atoms with Gasteiger partial charge in [0, 0.05) is 20.0 Å². The third-order valence-electron chi connectivity index (χ3n) is 2.19. The molecular formula is C11H16Cl2N2S. The van der Waals surface area contributed by atoms with Crippen molar-refractivity contribution in [1.82, 2.24) is 4.98 Å². The van der Waals surface area contributed by atoms with Crippen LogP contribution in [0.5, 0.6) is 0 Å². The van der Waals surface area contributed by atoms with Crippen molar-refractivity contribution in [2.75, 3.05) is 24.9 Å². The highest BCUT2D eigenvalue weighted by Gasteiger charge is 2.10. The Balaban J connectivity index is 3.04. The van der Waals surface area contributed by atoms with E-state index in [0.29, 0.717) is 17.0 Å². The monoisotopic (exact) mass is 278 g/mol. The first-order chi connectivity index (χ1) is 7.45. The fourth-order valence-corrected chi connectivity index (χ4v) is 2.65. The summed E-state index contributed by atoms with van der Waals surface area (Å²) in [4.78, 5) is 7.21. The zero-order valence-electron chi connectivity index (χ0n) is 9.92. The fourth-order valence-electron chi connectivity index (χ4n) is 1.11. The standard InChI is InChI=1S/C11H16Cl2N2S/c1-7(2)8(6-12)5-9-10(13)14-11(16-9)15(3)4/h5,7H,6H2,1-4H3. The largest absolute Gasteiger partial charge is 0.354 e. The third kappa shape index (κ3) is 3.37. The van der Waals surface area contributed by atoms with Crippen LogP contribution >= 0.6 is 34.5 Å². The summed E-state index contributed by atoms with van der Waals surface area (Å²) in [5.74, 6) is 0.960. The maximum absolute atomic E-state index is 6.08. The predicted molar refractivity (Wildman–Crippen MR) is 75.0 cm³/mol. The Morgan fingerprint density at radius 3 is 2.50 bits per heavy atom. The average molecular weight is 279 g/mol. The van der Waals surface area contributed by atoms with Crippen molar-refractivity contribution < 1.29 is 0 Å². The Bertz CT molecular complexity index is 383. The molecule has 1 aromatic rings. The Kier molecular flexibility index (Phi) is 5.09. The van der Waals surface area contributed by atoms with Crippen molar-refractivity contribution in [3.05, 3.63) is 15.6 Å². The molecule has 0 saturated heterocycles. The quantitative estimate of drug-likeness (QED) is 0.770. The zero-order chi connectivity index (χ0) is 12.3. The Hall–Kier alpha value is -0.250. The van der Waals surface area contributed by atoms with Gasteiger partial charge in [0.1, 0.15) is 5.15 Å². The summed E-state index contributed by atoms with van der Waals surface area (Å²) in [7, 11) is 3.90. The van der Waals surface area contributed by atoms with Crippen LogP contribution in [0.3, 0.4) is 0 Å². The lowest BCUT2D eigenvalue weighted by molar-refractivity contribution is 0.778. The molecule has 0 spiro atoms. The molecule has 0 atom stereocenters. The van der Waals surface area contributed by atoms with Crippen molar-refractivity contribution in [2.24, 2.45) is 5.92 Å². The number of allylic oxidation sites excluding steroid dienone is 1. The molecule has 5 heteroatoms. The lowest BCUT2D eigenvalue weighted by Crippen LogP contribution is -2.07. The molecule has 0 radical (unpaired) electrons. The van der Waals surface area contributed by atoms with Crippen molar-refractivity contribution in [2.45, 2.75) is 13.8 Å². The minimum absolute atomic E-state index is 0.429. The molecule has 0 saturated carbocycles. The van der Waals surface area contributed by atoms with Crippen molar-refractivity contribution in [3.8, 4) is 0 Å². The molecule has 0 aliphatic heterocycles. The van der Waals surface area contributed by atoms with E-state index in [9.17, 15) is 0 Å². The van der Waals surface area contributed by atoms with Crippen LogP contribution < -0.4 is 4.90 Å². The van der Waals surface area contributed by atoms with E-state index < -0.39 is 0 Å². The lowest BCUT2D eigenvalue weighted by Gasteiger charge is -2.06. The van der Waals surface area contributed by atoms with Gasteiger partial charge in [-0.15, -0.1) is 11.6 Å². The first-order valence-corrected chi connectivity index (χ1v) is 6.78. The lowest BCUT2D eigenvalue weighted by atomic mass is 10.1. The maximum atomic E-state index is 6.08. The van der Waals surface area contributed by atoms with Gasteiger partial charge in [0.2, 0.25) is 0 Å². The Labute approximate surface area is 111 Å². The molecule has 0 bridgehead atoms. The maximum Gasteiger partial charge on any atom is 0.186 e. The zero-order valence-corrected chi connectivity index (χ0v) is 12.2. The second-order valence-corrected chi connectivity index (χ2v) is 5.69. The first-order valence-electron chi connectivity index (χ1n) is 5.05. The third-order valence-corrected chi connectivity index (χ3v) is 4.07. The van der Waals surface area contributed by atoms with Gasteiger partial charge in [0.25, 0.3) is 0 Å². The summed E-state index contributed by atoms with van der Waals surface area (Å²) in [6.07, 6.45) is 2.05. The SMILES string of the molecule is CC(C)C(=Cc1sc(N(C)C)nc1Cl)CCl. The van der Waals surface area contributed by atoms with E-state index in [1.807, 2.05) is 25.1 Å². The predicted octanol–water partition coefficient (Wildman–Crippen LogP) is 4.14. The van der Waals surface area contributed by atoms with Crippen LogP contribution in [0.1, 0.15) is 18.7 Å². The number of aromatic nitrogens is 1. The minimum atomic E-state index is 0.429. The summed E-state index contributed by atoms with van der Waals surface area (Å²) in [6, 6.07) is 0. The number of alkyl halides is 1. The smallest absolute Gasteiger partial charge is 0.186 e. The molecule has 0 amide bonds. The second kappa shape index (κ2) is 5.89. The molecule has 0 aliphatic rings. The van der Waals surface area contributed by atoms with Crippen molar-refractivity contribution >= 4 is 45.7 Å². The number of thiazole rings is 1. The highest BCUT2D eigenvalue weighted by Crippen LogP contribution is 2.31. The van der Waals surface area contributed by atoms with Crippen LogP contribution in [0, 0.1) is 5.92 Å². The van der Waals surface area contributed by atoms with E-state index >= 15 is 0 Å². The van der Waals surface area contributed by atoms with Crippen LogP contribution in [0.4, 0.5) is 5.13 Å². The summed E-state index contributed by atoms with van der Waals surface area (Å²) < 4.78 is 0. The molecule has 1 rings (SSSR count).